The van der Waals surface area contributed by atoms with E-state index in [1.54, 1.807) is 0 Å². The Morgan fingerprint density at radius 2 is 1.09 bits per heavy atom. The minimum absolute atomic E-state index is 0.618. The zero-order valence-electron chi connectivity index (χ0n) is 25.0. The molecule has 7 rings (SSSR count). The molecule has 4 nitrogen and oxygen atoms in total. The van der Waals surface area contributed by atoms with Crippen molar-refractivity contribution in [1.29, 1.82) is 0 Å². The molecule has 0 unspecified atom stereocenters. The maximum Gasteiger partial charge on any atom is 0.0737 e. The topological polar surface area (TPSA) is 57.4 Å². The molecule has 4 heteroatoms. The number of nitrogens with zero attached hydrogens (tertiary/aromatic N) is 2. The largest absolute Gasteiger partial charge is 0.355 e. The molecule has 0 atom stereocenters. The molecule has 2 aliphatic heterocycles. The van der Waals surface area contributed by atoms with Crippen LogP contribution in [-0.4, -0.2) is 19.9 Å². The molecule has 8 bridgehead atoms. The zero-order valence-corrected chi connectivity index (χ0v) is 25.0. The first-order valence-electron chi connectivity index (χ1n) is 15.3. The molecule has 0 spiro atoms. The number of H-pyrrole nitrogens is 2. The summed E-state index contributed by atoms with van der Waals surface area (Å²) >= 11 is 0. The van der Waals surface area contributed by atoms with E-state index in [2.05, 4.69) is 140 Å². The summed E-state index contributed by atoms with van der Waals surface area (Å²) in [6.45, 7) is 6.73. The van der Waals surface area contributed by atoms with E-state index in [9.17, 15) is 0 Å². The smallest absolute Gasteiger partial charge is 0.0737 e. The van der Waals surface area contributed by atoms with E-state index in [1.165, 1.54) is 16.7 Å². The van der Waals surface area contributed by atoms with E-state index in [4.69, 9.17) is 9.97 Å². The maximum absolute atomic E-state index is 5.08. The molecule has 0 aliphatic carbocycles. The second-order valence-electron chi connectivity index (χ2n) is 11.9. The quantitative estimate of drug-likeness (QED) is 0.213. The van der Waals surface area contributed by atoms with E-state index in [0.29, 0.717) is 5.92 Å². The van der Waals surface area contributed by atoms with Crippen molar-refractivity contribution in [2.75, 3.05) is 0 Å². The van der Waals surface area contributed by atoms with E-state index in [1.807, 2.05) is 0 Å². The molecule has 0 amide bonds. The van der Waals surface area contributed by atoms with Crippen molar-refractivity contribution in [3.8, 4) is 22.3 Å². The average Bonchev–Trinajstić information content (AvgIpc) is 3.81. The van der Waals surface area contributed by atoms with Gasteiger partial charge in [-0.1, -0.05) is 75.7 Å². The normalized spacial score (nSPS) is 12.4. The number of fused-ring (bicyclic) bond motifs is 8. The van der Waals surface area contributed by atoms with Gasteiger partial charge in [0.1, 0.15) is 0 Å². The maximum atomic E-state index is 5.08. The van der Waals surface area contributed by atoms with Crippen LogP contribution in [0.5, 0.6) is 0 Å². The lowest BCUT2D eigenvalue weighted by Crippen LogP contribution is -1.94. The summed E-state index contributed by atoms with van der Waals surface area (Å²) in [7, 11) is 0. The minimum atomic E-state index is 0.618. The zero-order chi connectivity index (χ0) is 29.3. The average molecular weight is 561 g/mol. The Balaban J connectivity index is 1.45. The monoisotopic (exact) mass is 560 g/mol. The fraction of sp³-hybridized carbons (Fsp3) is 0.179. The summed E-state index contributed by atoms with van der Waals surface area (Å²) in [6, 6.07) is 30.7. The number of hydrogen-bond acceptors (Lipinski definition) is 2. The first kappa shape index (κ1) is 26.9. The predicted molar refractivity (Wildman–Crippen MR) is 182 cm³/mol. The van der Waals surface area contributed by atoms with Gasteiger partial charge in [0.15, 0.2) is 0 Å². The number of hydrogen-bond donors (Lipinski definition) is 2. The molecular weight excluding hydrogens is 524 g/mol. The van der Waals surface area contributed by atoms with Gasteiger partial charge in [-0.3, -0.25) is 0 Å². The second-order valence-corrected chi connectivity index (χ2v) is 11.9. The Morgan fingerprint density at radius 1 is 0.581 bits per heavy atom. The Labute approximate surface area is 252 Å². The van der Waals surface area contributed by atoms with Crippen LogP contribution >= 0.6 is 0 Å². The Bertz CT molecular complexity index is 1920. The first-order valence-corrected chi connectivity index (χ1v) is 15.3. The summed E-state index contributed by atoms with van der Waals surface area (Å²) in [5.74, 6) is 0.618. The molecule has 0 saturated heterocycles. The van der Waals surface area contributed by atoms with E-state index in [-0.39, 0.29) is 0 Å². The minimum Gasteiger partial charge on any atom is -0.355 e. The Morgan fingerprint density at radius 3 is 1.60 bits per heavy atom. The van der Waals surface area contributed by atoms with Gasteiger partial charge in [-0.05, 0) is 102 Å². The van der Waals surface area contributed by atoms with Crippen molar-refractivity contribution in [3.63, 3.8) is 0 Å². The van der Waals surface area contributed by atoms with E-state index in [0.717, 1.165) is 80.8 Å². The van der Waals surface area contributed by atoms with Crippen molar-refractivity contribution in [3.05, 3.63) is 119 Å². The SMILES string of the molecule is CCCc1ccc(-c2c3ccc(cc4nc(c(-c5ccc(CC(C)C)cc5)c5nc(cc6ccc2[nH]6)C=C5)C=C4)[nH]3)cc1. The number of aromatic amines is 2. The van der Waals surface area contributed by atoms with Crippen molar-refractivity contribution in [2.24, 2.45) is 5.92 Å². The van der Waals surface area contributed by atoms with Gasteiger partial charge in [-0.2, -0.15) is 0 Å². The highest BCUT2D eigenvalue weighted by Gasteiger charge is 2.15. The third kappa shape index (κ3) is 5.61. The van der Waals surface area contributed by atoms with Crippen LogP contribution in [0.25, 0.3) is 68.6 Å². The molecule has 5 heterocycles. The summed E-state index contributed by atoms with van der Waals surface area (Å²) < 4.78 is 0. The van der Waals surface area contributed by atoms with Crippen LogP contribution in [0.4, 0.5) is 0 Å². The van der Waals surface area contributed by atoms with Crippen molar-refractivity contribution >= 4 is 46.4 Å². The van der Waals surface area contributed by atoms with Gasteiger partial charge < -0.3 is 9.97 Å². The number of aryl methyl sites for hydroxylation is 1. The number of nitrogens with one attached hydrogen (secondary N) is 2. The summed E-state index contributed by atoms with van der Waals surface area (Å²) in [4.78, 5) is 17.5. The molecule has 2 aromatic carbocycles. The molecule has 212 valence electrons. The van der Waals surface area contributed by atoms with Crippen LogP contribution in [0, 0.1) is 5.92 Å². The third-order valence-corrected chi connectivity index (χ3v) is 8.07. The molecule has 5 aromatic rings. The highest BCUT2D eigenvalue weighted by molar-refractivity contribution is 5.94. The fourth-order valence-electron chi connectivity index (χ4n) is 6.09. The molecule has 2 aliphatic rings. The predicted octanol–water partition coefficient (Wildman–Crippen LogP) is 10.1. The molecule has 43 heavy (non-hydrogen) atoms. The lowest BCUT2D eigenvalue weighted by molar-refractivity contribution is 0.647. The number of rotatable bonds is 6. The first-order chi connectivity index (χ1) is 21.0. The lowest BCUT2D eigenvalue weighted by Gasteiger charge is -2.08. The van der Waals surface area contributed by atoms with Crippen LogP contribution in [0.15, 0.2) is 84.9 Å². The van der Waals surface area contributed by atoms with E-state index < -0.39 is 0 Å². The van der Waals surface area contributed by atoms with Crippen molar-refractivity contribution in [2.45, 2.75) is 40.0 Å². The fourth-order valence-corrected chi connectivity index (χ4v) is 6.09. The molecule has 0 saturated carbocycles. The Hall–Kier alpha value is -4.96. The molecule has 0 fully saturated rings. The number of benzene rings is 2. The van der Waals surface area contributed by atoms with Gasteiger partial charge in [0.25, 0.3) is 0 Å². The molecule has 2 N–H and O–H groups in total. The van der Waals surface area contributed by atoms with Gasteiger partial charge in [-0.15, -0.1) is 0 Å². The third-order valence-electron chi connectivity index (χ3n) is 8.07. The summed E-state index contributed by atoms with van der Waals surface area (Å²) in [6.07, 6.45) is 11.7. The van der Waals surface area contributed by atoms with Gasteiger partial charge in [0.2, 0.25) is 0 Å². The van der Waals surface area contributed by atoms with Crippen LogP contribution < -0.4 is 0 Å². The van der Waals surface area contributed by atoms with Gasteiger partial charge in [-0.25, -0.2) is 9.97 Å². The van der Waals surface area contributed by atoms with E-state index >= 15 is 0 Å². The summed E-state index contributed by atoms with van der Waals surface area (Å²) in [5.41, 5.74) is 15.0. The highest BCUT2D eigenvalue weighted by Crippen LogP contribution is 2.33. The molecule has 3 aromatic heterocycles. The van der Waals surface area contributed by atoms with Gasteiger partial charge in [0.05, 0.1) is 22.8 Å². The van der Waals surface area contributed by atoms with Crippen LogP contribution in [0.1, 0.15) is 61.1 Å². The number of aromatic nitrogens is 4. The van der Waals surface area contributed by atoms with Crippen LogP contribution in [-0.2, 0) is 12.8 Å². The van der Waals surface area contributed by atoms with Gasteiger partial charge in [0, 0.05) is 33.2 Å². The second kappa shape index (κ2) is 11.4. The van der Waals surface area contributed by atoms with Crippen LogP contribution in [0.3, 0.4) is 0 Å². The summed E-state index contributed by atoms with van der Waals surface area (Å²) in [5, 5.41) is 0. The van der Waals surface area contributed by atoms with Gasteiger partial charge >= 0.3 is 0 Å². The Kier molecular flexibility index (Phi) is 7.12. The molecular formula is C39H36N4. The standard InChI is InChI=1S/C39H36N4/c1-4-5-26-6-10-28(11-7-26)38-34-18-14-30(40-34)23-32-16-20-36(42-32)39(29-12-8-27(9-13-29)22-25(2)3)37-21-17-33(43-37)24-31-15-19-35(38)41-31/h6-21,23-25,40-41H,4-5,22H2,1-3H3. The lowest BCUT2D eigenvalue weighted by atomic mass is 9.97. The van der Waals surface area contributed by atoms with Crippen LogP contribution in [0.2, 0.25) is 0 Å². The van der Waals surface area contributed by atoms with Crippen molar-refractivity contribution < 1.29 is 0 Å². The van der Waals surface area contributed by atoms with Crippen molar-refractivity contribution in [1.82, 2.24) is 19.9 Å². The highest BCUT2D eigenvalue weighted by atomic mass is 14.8. The molecule has 0 radical (unpaired) electrons.